The van der Waals surface area contributed by atoms with Crippen LogP contribution < -0.4 is 0 Å². The van der Waals surface area contributed by atoms with Crippen molar-refractivity contribution < 1.29 is 4.74 Å². The van der Waals surface area contributed by atoms with Gasteiger partial charge in [0.1, 0.15) is 0 Å². The molecule has 0 saturated carbocycles. The first-order valence-corrected chi connectivity index (χ1v) is 6.64. The van der Waals surface area contributed by atoms with Gasteiger partial charge in [-0.1, -0.05) is 31.9 Å². The molecule has 1 heterocycles. The van der Waals surface area contributed by atoms with Gasteiger partial charge < -0.3 is 4.74 Å². The number of hydrogen-bond donors (Lipinski definition) is 0. The highest BCUT2D eigenvalue weighted by atomic mass is 79.9. The van der Waals surface area contributed by atoms with Gasteiger partial charge in [-0.2, -0.15) is 0 Å². The van der Waals surface area contributed by atoms with Gasteiger partial charge in [-0.05, 0) is 27.6 Å². The van der Waals surface area contributed by atoms with Crippen LogP contribution in [0.2, 0.25) is 0 Å². The van der Waals surface area contributed by atoms with Gasteiger partial charge in [0, 0.05) is 12.0 Å². The Hall–Kier alpha value is 1.10. The lowest BCUT2D eigenvalue weighted by molar-refractivity contribution is 0.187. The van der Waals surface area contributed by atoms with E-state index in [2.05, 4.69) is 53.9 Å². The minimum atomic E-state index is 0.206. The molecule has 0 spiro atoms. The maximum atomic E-state index is 5.08. The van der Waals surface area contributed by atoms with Gasteiger partial charge in [-0.15, -0.1) is 11.3 Å². The highest BCUT2D eigenvalue weighted by Gasteiger charge is 2.12. The molecule has 0 fully saturated rings. The molecular formula is C7H7Br3OS. The third-order valence-electron chi connectivity index (χ3n) is 1.32. The molecule has 0 N–H and O–H groups in total. The van der Waals surface area contributed by atoms with Crippen LogP contribution >= 0.6 is 59.1 Å². The summed E-state index contributed by atoms with van der Waals surface area (Å²) in [6.07, 6.45) is 0. The molecule has 1 nitrogen and oxygen atoms in total. The van der Waals surface area contributed by atoms with Crippen molar-refractivity contribution in [2.24, 2.45) is 0 Å². The van der Waals surface area contributed by atoms with Crippen LogP contribution in [0, 0.1) is 0 Å². The molecule has 0 aliphatic carbocycles. The highest BCUT2D eigenvalue weighted by molar-refractivity contribution is 9.24. The van der Waals surface area contributed by atoms with Crippen molar-refractivity contribution >= 4 is 59.1 Å². The van der Waals surface area contributed by atoms with Crippen LogP contribution in [-0.4, -0.2) is 7.11 Å². The van der Waals surface area contributed by atoms with E-state index in [1.54, 1.807) is 18.4 Å². The molecule has 0 atom stereocenters. The molecule has 1 aromatic heterocycles. The summed E-state index contributed by atoms with van der Waals surface area (Å²) in [4.78, 5) is 1.24. The maximum absolute atomic E-state index is 5.08. The number of thiophene rings is 1. The Bertz CT molecular complexity index is 259. The van der Waals surface area contributed by atoms with Crippen LogP contribution in [0.4, 0.5) is 0 Å². The van der Waals surface area contributed by atoms with Crippen molar-refractivity contribution in [2.75, 3.05) is 7.11 Å². The van der Waals surface area contributed by atoms with Crippen molar-refractivity contribution in [1.82, 2.24) is 0 Å². The van der Waals surface area contributed by atoms with E-state index in [-0.39, 0.29) is 3.74 Å². The average molecular weight is 379 g/mol. The standard InChI is InChI=1S/C7H7Br3OS/c1-11-3-5-4(7(9)10)2-6(8)12-5/h2,7H,3H2,1H3. The molecule has 0 aliphatic heterocycles. The molecular weight excluding hydrogens is 372 g/mol. The van der Waals surface area contributed by atoms with Crippen LogP contribution in [0.1, 0.15) is 14.2 Å². The van der Waals surface area contributed by atoms with Crippen LogP contribution in [0.15, 0.2) is 9.85 Å². The zero-order valence-corrected chi connectivity index (χ0v) is 11.9. The van der Waals surface area contributed by atoms with E-state index in [0.29, 0.717) is 6.61 Å². The summed E-state index contributed by atoms with van der Waals surface area (Å²) in [5.41, 5.74) is 1.23. The number of alkyl halides is 2. The van der Waals surface area contributed by atoms with E-state index in [4.69, 9.17) is 4.74 Å². The Morgan fingerprint density at radius 1 is 1.58 bits per heavy atom. The summed E-state index contributed by atoms with van der Waals surface area (Å²) < 4.78 is 6.42. The number of ether oxygens (including phenoxy) is 1. The second-order valence-electron chi connectivity index (χ2n) is 2.16. The summed E-state index contributed by atoms with van der Waals surface area (Å²) in [6.45, 7) is 0.666. The molecule has 0 saturated heterocycles. The average Bonchev–Trinajstić information content (AvgIpc) is 2.32. The molecule has 0 bridgehead atoms. The Kier molecular flexibility index (Phi) is 4.75. The molecule has 5 heteroatoms. The van der Waals surface area contributed by atoms with Crippen LogP contribution in [-0.2, 0) is 11.3 Å². The zero-order valence-electron chi connectivity index (χ0n) is 6.31. The predicted octanol–water partition coefficient (Wildman–Crippen LogP) is 4.45. The number of rotatable bonds is 3. The lowest BCUT2D eigenvalue weighted by atomic mass is 10.3. The zero-order chi connectivity index (χ0) is 9.14. The van der Waals surface area contributed by atoms with Gasteiger partial charge in [-0.25, -0.2) is 0 Å². The minimum Gasteiger partial charge on any atom is -0.379 e. The summed E-state index contributed by atoms with van der Waals surface area (Å²) in [7, 11) is 1.70. The van der Waals surface area contributed by atoms with Gasteiger partial charge >= 0.3 is 0 Å². The molecule has 0 aromatic carbocycles. The fourth-order valence-electron chi connectivity index (χ4n) is 0.837. The minimum absolute atomic E-state index is 0.206. The Morgan fingerprint density at radius 3 is 2.75 bits per heavy atom. The normalized spacial score (nSPS) is 11.1. The molecule has 0 radical (unpaired) electrons. The van der Waals surface area contributed by atoms with Crippen molar-refractivity contribution in [3.05, 3.63) is 20.3 Å². The van der Waals surface area contributed by atoms with Crippen molar-refractivity contribution in [3.63, 3.8) is 0 Å². The Labute approximate surface area is 101 Å². The SMILES string of the molecule is COCc1sc(Br)cc1C(Br)Br. The summed E-state index contributed by atoms with van der Waals surface area (Å²) >= 11 is 12.1. The molecule has 68 valence electrons. The second-order valence-corrected chi connectivity index (χ2v) is 7.74. The fourth-order valence-corrected chi connectivity index (χ4v) is 3.68. The molecule has 12 heavy (non-hydrogen) atoms. The predicted molar refractivity (Wildman–Crippen MR) is 63.3 cm³/mol. The third kappa shape index (κ3) is 2.80. The molecule has 1 aromatic rings. The van der Waals surface area contributed by atoms with E-state index in [1.165, 1.54) is 10.4 Å². The smallest absolute Gasteiger partial charge is 0.0958 e. The van der Waals surface area contributed by atoms with Crippen LogP contribution in [0.25, 0.3) is 0 Å². The number of halogens is 3. The molecule has 1 rings (SSSR count). The van der Waals surface area contributed by atoms with Crippen LogP contribution in [0.3, 0.4) is 0 Å². The quantitative estimate of drug-likeness (QED) is 0.706. The number of methoxy groups -OCH3 is 1. The highest BCUT2D eigenvalue weighted by Crippen LogP contribution is 2.38. The van der Waals surface area contributed by atoms with E-state index >= 15 is 0 Å². The summed E-state index contributed by atoms with van der Waals surface area (Å²) in [5.74, 6) is 0. The van der Waals surface area contributed by atoms with E-state index in [1.807, 2.05) is 0 Å². The Balaban J connectivity index is 2.92. The summed E-state index contributed by atoms with van der Waals surface area (Å²) in [6, 6.07) is 2.09. The Morgan fingerprint density at radius 2 is 2.25 bits per heavy atom. The van der Waals surface area contributed by atoms with E-state index in [9.17, 15) is 0 Å². The van der Waals surface area contributed by atoms with Crippen LogP contribution in [0.5, 0.6) is 0 Å². The second kappa shape index (κ2) is 5.10. The third-order valence-corrected chi connectivity index (χ3v) is 3.94. The van der Waals surface area contributed by atoms with Crippen molar-refractivity contribution in [2.45, 2.75) is 10.3 Å². The lowest BCUT2D eigenvalue weighted by Gasteiger charge is -2.02. The van der Waals surface area contributed by atoms with E-state index < -0.39 is 0 Å². The van der Waals surface area contributed by atoms with E-state index in [0.717, 1.165) is 3.79 Å². The topological polar surface area (TPSA) is 9.23 Å². The maximum Gasteiger partial charge on any atom is 0.0958 e. The molecule has 0 unspecified atom stereocenters. The first-order chi connectivity index (χ1) is 5.65. The van der Waals surface area contributed by atoms with Gasteiger partial charge in [0.25, 0.3) is 0 Å². The molecule has 0 aliphatic rings. The van der Waals surface area contributed by atoms with Gasteiger partial charge in [0.2, 0.25) is 0 Å². The van der Waals surface area contributed by atoms with Crippen molar-refractivity contribution in [3.8, 4) is 0 Å². The van der Waals surface area contributed by atoms with Gasteiger partial charge in [0.15, 0.2) is 0 Å². The monoisotopic (exact) mass is 376 g/mol. The largest absolute Gasteiger partial charge is 0.379 e. The summed E-state index contributed by atoms with van der Waals surface area (Å²) in [5, 5.41) is 0. The van der Waals surface area contributed by atoms with Crippen molar-refractivity contribution in [1.29, 1.82) is 0 Å². The van der Waals surface area contributed by atoms with Gasteiger partial charge in [-0.3, -0.25) is 0 Å². The first kappa shape index (κ1) is 11.2. The number of hydrogen-bond acceptors (Lipinski definition) is 2. The molecule has 0 amide bonds. The fraction of sp³-hybridized carbons (Fsp3) is 0.429. The lowest BCUT2D eigenvalue weighted by Crippen LogP contribution is -1.88. The van der Waals surface area contributed by atoms with Gasteiger partial charge in [0.05, 0.1) is 14.1 Å². The first-order valence-electron chi connectivity index (χ1n) is 3.20.